The Kier molecular flexibility index (Phi) is 10.9. The third-order valence-electron chi connectivity index (χ3n) is 9.06. The monoisotopic (exact) mass is 541 g/mol. The van der Waals surface area contributed by atoms with Gasteiger partial charge < -0.3 is 5.32 Å². The number of fused-ring (bicyclic) bond motifs is 2. The van der Waals surface area contributed by atoms with E-state index in [4.69, 9.17) is 0 Å². The van der Waals surface area contributed by atoms with Gasteiger partial charge in [0.15, 0.2) is 0 Å². The van der Waals surface area contributed by atoms with Crippen molar-refractivity contribution in [2.45, 2.75) is 102 Å². The Hall–Kier alpha value is -1.70. The van der Waals surface area contributed by atoms with Gasteiger partial charge >= 0.3 is 0 Å². The Labute approximate surface area is 233 Å². The summed E-state index contributed by atoms with van der Waals surface area (Å²) in [5.74, 6) is 4.14. The predicted molar refractivity (Wildman–Crippen MR) is 154 cm³/mol. The average molecular weight is 542 g/mol. The maximum absolute atomic E-state index is 12.3. The summed E-state index contributed by atoms with van der Waals surface area (Å²) in [4.78, 5) is 38.7. The average Bonchev–Trinajstić information content (AvgIpc) is 2.87. The maximum Gasteiger partial charge on any atom is 0.243 e. The topological polar surface area (TPSA) is 78.5 Å². The number of carbonyl (C=O) groups is 3. The number of benzene rings is 1. The fourth-order valence-electron chi connectivity index (χ4n) is 7.28. The molecule has 1 aromatic carbocycles. The molecule has 1 aliphatic heterocycles. The molecule has 6 unspecified atom stereocenters. The summed E-state index contributed by atoms with van der Waals surface area (Å²) in [6.07, 6.45) is 12.3. The van der Waals surface area contributed by atoms with E-state index in [9.17, 15) is 14.4 Å². The molecule has 0 spiro atoms. The Morgan fingerprint density at radius 2 is 1.89 bits per heavy atom. The number of thioether (sulfide) groups is 1. The maximum atomic E-state index is 12.3. The van der Waals surface area contributed by atoms with Crippen LogP contribution in [0.25, 0.3) is 0 Å². The van der Waals surface area contributed by atoms with Crippen molar-refractivity contribution in [2.75, 3.05) is 19.3 Å². The molecular weight excluding hydrogens is 494 g/mol. The lowest BCUT2D eigenvalue weighted by molar-refractivity contribution is -0.137. The number of unbranched alkanes of at least 4 members (excludes halogenated alkanes) is 3. The van der Waals surface area contributed by atoms with Crippen molar-refractivity contribution >= 4 is 29.9 Å². The van der Waals surface area contributed by atoms with Crippen LogP contribution >= 0.6 is 11.8 Å². The molecule has 210 valence electrons. The van der Waals surface area contributed by atoms with Crippen molar-refractivity contribution in [3.05, 3.63) is 29.3 Å². The standard InChI is InChI=1S/C31H47N3O3S/c1-21-15-23-17-22(2)30(25(16-21)18-23)32-13-6-4-5-7-14-38-28-10-8-9-24(20-35)26(28)19-34(3)27-11-12-29(36)33-31(27)37/h8-10,20-23,25,27,30,32H,4-7,11-19H2,1-3H3,(H,33,36,37). The minimum Gasteiger partial charge on any atom is -0.313 e. The van der Waals surface area contributed by atoms with Gasteiger partial charge in [0, 0.05) is 29.5 Å². The zero-order chi connectivity index (χ0) is 27.1. The van der Waals surface area contributed by atoms with Crippen LogP contribution in [0.5, 0.6) is 0 Å². The Morgan fingerprint density at radius 1 is 1.08 bits per heavy atom. The minimum absolute atomic E-state index is 0.208. The van der Waals surface area contributed by atoms with Crippen molar-refractivity contribution < 1.29 is 14.4 Å². The number of piperidine rings is 1. The van der Waals surface area contributed by atoms with Crippen LogP contribution < -0.4 is 10.6 Å². The van der Waals surface area contributed by atoms with E-state index < -0.39 is 0 Å². The van der Waals surface area contributed by atoms with Gasteiger partial charge in [0.25, 0.3) is 0 Å². The molecule has 2 bridgehead atoms. The molecule has 2 aliphatic carbocycles. The van der Waals surface area contributed by atoms with E-state index in [1.807, 2.05) is 35.8 Å². The zero-order valence-electron chi connectivity index (χ0n) is 23.5. The molecule has 3 aliphatic rings. The molecule has 4 rings (SSSR count). The lowest BCUT2D eigenvalue weighted by Gasteiger charge is -2.46. The molecule has 7 heteroatoms. The minimum atomic E-state index is -0.349. The number of nitrogens with zero attached hydrogens (tertiary/aromatic N) is 1. The number of amides is 2. The third-order valence-corrected chi connectivity index (χ3v) is 10.2. The summed E-state index contributed by atoms with van der Waals surface area (Å²) in [5.41, 5.74) is 1.65. The second-order valence-corrected chi connectivity index (χ2v) is 13.4. The summed E-state index contributed by atoms with van der Waals surface area (Å²) in [7, 11) is 1.89. The number of hydrogen-bond donors (Lipinski definition) is 2. The summed E-state index contributed by atoms with van der Waals surface area (Å²) in [6, 6.07) is 6.23. The van der Waals surface area contributed by atoms with Crippen LogP contribution in [0.4, 0.5) is 0 Å². The SMILES string of the molecule is CC1CC2CC(C)C(NCCCCCCSc3cccc(C=O)c3CN(C)C3CCC(=O)NC3=O)C(C1)C2. The number of imide groups is 1. The summed E-state index contributed by atoms with van der Waals surface area (Å²) in [5, 5.41) is 6.38. The molecule has 3 fully saturated rings. The third kappa shape index (κ3) is 7.70. The van der Waals surface area contributed by atoms with Crippen LogP contribution in [0, 0.1) is 23.7 Å². The normalized spacial score (nSPS) is 29.4. The molecule has 1 saturated heterocycles. The fourth-order valence-corrected chi connectivity index (χ4v) is 8.38. The van der Waals surface area contributed by atoms with E-state index in [1.54, 1.807) is 0 Å². The highest BCUT2D eigenvalue weighted by atomic mass is 32.2. The molecule has 2 saturated carbocycles. The van der Waals surface area contributed by atoms with Crippen LogP contribution in [-0.2, 0) is 16.1 Å². The van der Waals surface area contributed by atoms with Crippen LogP contribution in [0.2, 0.25) is 0 Å². The van der Waals surface area contributed by atoms with Crippen LogP contribution in [0.15, 0.2) is 23.1 Å². The van der Waals surface area contributed by atoms with Gasteiger partial charge in [-0.25, -0.2) is 0 Å². The predicted octanol–water partition coefficient (Wildman–Crippen LogP) is 5.44. The molecular formula is C31H47N3O3S. The molecule has 0 aromatic heterocycles. The second-order valence-electron chi connectivity index (χ2n) is 12.2. The van der Waals surface area contributed by atoms with E-state index in [1.165, 1.54) is 44.9 Å². The first-order valence-corrected chi connectivity index (χ1v) is 15.8. The number of aldehydes is 1. The first-order valence-electron chi connectivity index (χ1n) is 14.8. The zero-order valence-corrected chi connectivity index (χ0v) is 24.4. The van der Waals surface area contributed by atoms with Crippen molar-refractivity contribution in [3.8, 4) is 0 Å². The van der Waals surface area contributed by atoms with Crippen molar-refractivity contribution in [1.29, 1.82) is 0 Å². The van der Waals surface area contributed by atoms with Gasteiger partial charge in [0.05, 0.1) is 6.04 Å². The Bertz CT molecular complexity index is 966. The molecule has 38 heavy (non-hydrogen) atoms. The van der Waals surface area contributed by atoms with E-state index >= 15 is 0 Å². The van der Waals surface area contributed by atoms with E-state index in [-0.39, 0.29) is 17.9 Å². The fraction of sp³-hybridized carbons (Fsp3) is 0.710. The summed E-state index contributed by atoms with van der Waals surface area (Å²) >= 11 is 1.81. The van der Waals surface area contributed by atoms with E-state index in [2.05, 4.69) is 30.5 Å². The van der Waals surface area contributed by atoms with E-state index in [0.29, 0.717) is 31.0 Å². The summed E-state index contributed by atoms with van der Waals surface area (Å²) < 4.78 is 0. The largest absolute Gasteiger partial charge is 0.313 e. The Balaban J connectivity index is 1.18. The van der Waals surface area contributed by atoms with E-state index in [0.717, 1.165) is 59.1 Å². The quantitative estimate of drug-likeness (QED) is 0.150. The lowest BCUT2D eigenvalue weighted by atomic mass is 9.63. The smallest absolute Gasteiger partial charge is 0.243 e. The van der Waals surface area contributed by atoms with Crippen molar-refractivity contribution in [1.82, 2.24) is 15.5 Å². The molecule has 6 nitrogen and oxygen atoms in total. The first-order chi connectivity index (χ1) is 18.4. The Morgan fingerprint density at radius 3 is 2.68 bits per heavy atom. The highest BCUT2D eigenvalue weighted by Gasteiger charge is 2.39. The van der Waals surface area contributed by atoms with Gasteiger partial charge in [-0.1, -0.05) is 38.8 Å². The molecule has 1 aromatic rings. The van der Waals surface area contributed by atoms with Gasteiger partial charge in [-0.15, -0.1) is 11.8 Å². The van der Waals surface area contributed by atoms with Gasteiger partial charge in [-0.05, 0) is 99.6 Å². The van der Waals surface area contributed by atoms with Crippen LogP contribution in [0.1, 0.15) is 94.0 Å². The number of carbonyl (C=O) groups excluding carboxylic acids is 3. The van der Waals surface area contributed by atoms with Gasteiger partial charge in [-0.2, -0.15) is 0 Å². The summed E-state index contributed by atoms with van der Waals surface area (Å²) in [6.45, 7) is 6.55. The van der Waals surface area contributed by atoms with Crippen LogP contribution in [0.3, 0.4) is 0 Å². The lowest BCUT2D eigenvalue weighted by Crippen LogP contribution is -2.51. The number of hydrogen-bond acceptors (Lipinski definition) is 6. The molecule has 6 atom stereocenters. The van der Waals surface area contributed by atoms with Gasteiger partial charge in [0.2, 0.25) is 11.8 Å². The second kappa shape index (κ2) is 14.1. The highest BCUT2D eigenvalue weighted by molar-refractivity contribution is 7.99. The first kappa shape index (κ1) is 29.3. The molecule has 0 radical (unpaired) electrons. The number of likely N-dealkylation sites (N-methyl/N-ethyl adjacent to an activating group) is 1. The number of nitrogens with one attached hydrogen (secondary N) is 2. The molecule has 2 N–H and O–H groups in total. The molecule has 2 amide bonds. The van der Waals surface area contributed by atoms with Crippen molar-refractivity contribution in [2.24, 2.45) is 23.7 Å². The van der Waals surface area contributed by atoms with Crippen LogP contribution in [-0.4, -0.2) is 54.4 Å². The molecule has 1 heterocycles. The number of rotatable bonds is 13. The van der Waals surface area contributed by atoms with Crippen molar-refractivity contribution in [3.63, 3.8) is 0 Å². The van der Waals surface area contributed by atoms with Gasteiger partial charge in [0.1, 0.15) is 6.29 Å². The highest BCUT2D eigenvalue weighted by Crippen LogP contribution is 2.44. The van der Waals surface area contributed by atoms with Gasteiger partial charge in [-0.3, -0.25) is 24.6 Å².